The number of benzene rings is 2. The molecule has 1 amide bonds. The summed E-state index contributed by atoms with van der Waals surface area (Å²) in [5, 5.41) is 9.57. The van der Waals surface area contributed by atoms with Gasteiger partial charge in [-0.2, -0.15) is 0 Å². The van der Waals surface area contributed by atoms with E-state index in [1.807, 2.05) is 0 Å². The lowest BCUT2D eigenvalue weighted by atomic mass is 10.0. The molecule has 0 fully saturated rings. The van der Waals surface area contributed by atoms with E-state index in [-0.39, 0.29) is 19.0 Å². The van der Waals surface area contributed by atoms with Crippen LogP contribution in [0.4, 0.5) is 5.69 Å². The van der Waals surface area contributed by atoms with Crippen LogP contribution in [0.25, 0.3) is 0 Å². The van der Waals surface area contributed by atoms with Crippen LogP contribution in [-0.4, -0.2) is 23.5 Å². The number of carboxylic acid groups (broad SMARTS) is 1. The number of carboxylic acids is 1. The highest BCUT2D eigenvalue weighted by atomic mass is 35.5. The first-order valence-electron chi connectivity index (χ1n) is 6.50. The van der Waals surface area contributed by atoms with Crippen LogP contribution < -0.4 is 10.6 Å². The number of anilines is 1. The Balaban J connectivity index is 0.00000242. The lowest BCUT2D eigenvalue weighted by Crippen LogP contribution is -2.42. The lowest BCUT2D eigenvalue weighted by Gasteiger charge is -2.29. The lowest BCUT2D eigenvalue weighted by molar-refractivity contribution is -0.140. The van der Waals surface area contributed by atoms with E-state index in [0.717, 1.165) is 0 Å². The maximum absolute atomic E-state index is 12.2. The van der Waals surface area contributed by atoms with Crippen molar-refractivity contribution in [3.63, 3.8) is 0 Å². The Morgan fingerprint density at radius 1 is 1.00 bits per heavy atom. The van der Waals surface area contributed by atoms with Gasteiger partial charge in [0.05, 0.1) is 6.54 Å². The molecule has 2 rings (SSSR count). The third-order valence-corrected chi connectivity index (χ3v) is 3.09. The summed E-state index contributed by atoms with van der Waals surface area (Å²) >= 11 is 0. The molecule has 0 saturated carbocycles. The molecule has 0 aliphatic carbocycles. The SMILES string of the molecule is Cl.NCC(=O)N(c1ccccc1)[C@H](C(=O)O)c1ccccc1. The van der Waals surface area contributed by atoms with E-state index in [0.29, 0.717) is 11.3 Å². The number of hydrogen-bond acceptors (Lipinski definition) is 3. The van der Waals surface area contributed by atoms with Gasteiger partial charge in [-0.15, -0.1) is 12.4 Å². The summed E-state index contributed by atoms with van der Waals surface area (Å²) < 4.78 is 0. The van der Waals surface area contributed by atoms with E-state index < -0.39 is 17.9 Å². The quantitative estimate of drug-likeness (QED) is 0.885. The van der Waals surface area contributed by atoms with E-state index in [4.69, 9.17) is 5.73 Å². The molecule has 116 valence electrons. The normalized spacial score (nSPS) is 11.1. The van der Waals surface area contributed by atoms with Gasteiger partial charge in [-0.25, -0.2) is 4.79 Å². The van der Waals surface area contributed by atoms with Gasteiger partial charge in [0.15, 0.2) is 6.04 Å². The first-order valence-corrected chi connectivity index (χ1v) is 6.50. The molecule has 0 saturated heterocycles. The Labute approximate surface area is 134 Å². The first-order chi connectivity index (χ1) is 10.1. The highest BCUT2D eigenvalue weighted by Crippen LogP contribution is 2.27. The van der Waals surface area contributed by atoms with Crippen LogP contribution in [0.2, 0.25) is 0 Å². The number of amides is 1. The number of aliphatic carboxylic acids is 1. The van der Waals surface area contributed by atoms with Gasteiger partial charge in [0, 0.05) is 5.69 Å². The topological polar surface area (TPSA) is 83.6 Å². The second-order valence-electron chi connectivity index (χ2n) is 4.45. The molecule has 0 unspecified atom stereocenters. The molecule has 3 N–H and O–H groups in total. The molecule has 5 nitrogen and oxygen atoms in total. The number of carbonyl (C=O) groups is 2. The zero-order valence-corrected chi connectivity index (χ0v) is 12.6. The summed E-state index contributed by atoms with van der Waals surface area (Å²) in [7, 11) is 0. The van der Waals surface area contributed by atoms with Gasteiger partial charge in [0.1, 0.15) is 0 Å². The van der Waals surface area contributed by atoms with Crippen LogP contribution in [0.5, 0.6) is 0 Å². The molecule has 2 aromatic rings. The fourth-order valence-electron chi connectivity index (χ4n) is 2.16. The minimum atomic E-state index is -1.11. The van der Waals surface area contributed by atoms with Gasteiger partial charge >= 0.3 is 5.97 Å². The smallest absolute Gasteiger partial charge is 0.331 e. The number of para-hydroxylation sites is 1. The molecule has 0 spiro atoms. The van der Waals surface area contributed by atoms with E-state index >= 15 is 0 Å². The molecule has 0 heterocycles. The van der Waals surface area contributed by atoms with Gasteiger partial charge < -0.3 is 10.8 Å². The summed E-state index contributed by atoms with van der Waals surface area (Å²) in [6.07, 6.45) is 0. The van der Waals surface area contributed by atoms with Crippen molar-refractivity contribution in [1.29, 1.82) is 0 Å². The van der Waals surface area contributed by atoms with Gasteiger partial charge in [-0.05, 0) is 17.7 Å². The Bertz CT molecular complexity index is 620. The Hall–Kier alpha value is -2.37. The predicted molar refractivity (Wildman–Crippen MR) is 87.0 cm³/mol. The average molecular weight is 321 g/mol. The van der Waals surface area contributed by atoms with E-state index in [1.54, 1.807) is 60.7 Å². The van der Waals surface area contributed by atoms with Crippen LogP contribution in [0.15, 0.2) is 60.7 Å². The summed E-state index contributed by atoms with van der Waals surface area (Å²) in [6.45, 7) is -0.258. The van der Waals surface area contributed by atoms with Crippen molar-refractivity contribution in [2.24, 2.45) is 5.73 Å². The fourth-order valence-corrected chi connectivity index (χ4v) is 2.16. The summed E-state index contributed by atoms with van der Waals surface area (Å²) in [4.78, 5) is 25.1. The highest BCUT2D eigenvalue weighted by Gasteiger charge is 2.31. The Kier molecular flexibility index (Phi) is 6.56. The van der Waals surface area contributed by atoms with Crippen LogP contribution in [-0.2, 0) is 9.59 Å². The van der Waals surface area contributed by atoms with Crippen molar-refractivity contribution in [2.75, 3.05) is 11.4 Å². The second-order valence-corrected chi connectivity index (χ2v) is 4.45. The summed E-state index contributed by atoms with van der Waals surface area (Å²) in [5.41, 5.74) is 6.47. The van der Waals surface area contributed by atoms with E-state index in [9.17, 15) is 14.7 Å². The van der Waals surface area contributed by atoms with Gasteiger partial charge in [-0.1, -0.05) is 48.5 Å². The summed E-state index contributed by atoms with van der Waals surface area (Å²) in [5.74, 6) is -1.55. The first kappa shape index (κ1) is 17.7. The van der Waals surface area contributed by atoms with Crippen LogP contribution in [0.1, 0.15) is 11.6 Å². The largest absolute Gasteiger partial charge is 0.479 e. The van der Waals surface area contributed by atoms with Crippen molar-refractivity contribution >= 4 is 30.0 Å². The van der Waals surface area contributed by atoms with Gasteiger partial charge in [0.2, 0.25) is 5.91 Å². The Morgan fingerprint density at radius 3 is 1.95 bits per heavy atom. The van der Waals surface area contributed by atoms with Crippen molar-refractivity contribution in [3.05, 3.63) is 66.2 Å². The number of nitrogens with two attached hydrogens (primary N) is 1. The molecule has 0 bridgehead atoms. The zero-order chi connectivity index (χ0) is 15.2. The van der Waals surface area contributed by atoms with Gasteiger partial charge in [-0.3, -0.25) is 9.69 Å². The average Bonchev–Trinajstić information content (AvgIpc) is 2.53. The number of halogens is 1. The highest BCUT2D eigenvalue weighted by molar-refractivity contribution is 6.00. The predicted octanol–water partition coefficient (Wildman–Crippen LogP) is 2.23. The number of carbonyl (C=O) groups excluding carboxylic acids is 1. The molecule has 22 heavy (non-hydrogen) atoms. The molecule has 0 aliphatic rings. The number of hydrogen-bond donors (Lipinski definition) is 2. The molecule has 2 aromatic carbocycles. The molecule has 0 aliphatic heterocycles. The molecule has 6 heteroatoms. The molecule has 0 aromatic heterocycles. The maximum atomic E-state index is 12.2. The summed E-state index contributed by atoms with van der Waals surface area (Å²) in [6, 6.07) is 16.2. The maximum Gasteiger partial charge on any atom is 0.331 e. The van der Waals surface area contributed by atoms with Crippen molar-refractivity contribution in [3.8, 4) is 0 Å². The molecule has 1 atom stereocenters. The third-order valence-electron chi connectivity index (χ3n) is 3.09. The van der Waals surface area contributed by atoms with Crippen LogP contribution in [0, 0.1) is 0 Å². The number of rotatable bonds is 5. The van der Waals surface area contributed by atoms with E-state index in [1.165, 1.54) is 4.90 Å². The van der Waals surface area contributed by atoms with E-state index in [2.05, 4.69) is 0 Å². The third kappa shape index (κ3) is 3.84. The van der Waals surface area contributed by atoms with Crippen LogP contribution in [0.3, 0.4) is 0 Å². The zero-order valence-electron chi connectivity index (χ0n) is 11.8. The molecule has 0 radical (unpaired) electrons. The van der Waals surface area contributed by atoms with Crippen molar-refractivity contribution in [1.82, 2.24) is 0 Å². The minimum absolute atomic E-state index is 0. The Morgan fingerprint density at radius 2 is 1.50 bits per heavy atom. The van der Waals surface area contributed by atoms with Crippen molar-refractivity contribution in [2.45, 2.75) is 6.04 Å². The fraction of sp³-hybridized carbons (Fsp3) is 0.125. The molecular formula is C16H17ClN2O3. The van der Waals surface area contributed by atoms with Crippen molar-refractivity contribution < 1.29 is 14.7 Å². The number of nitrogens with zero attached hydrogens (tertiary/aromatic N) is 1. The second kappa shape index (κ2) is 8.17. The standard InChI is InChI=1S/C16H16N2O3.ClH/c17-11-14(19)18(13-9-5-2-6-10-13)15(16(20)21)12-7-3-1-4-8-12;/h1-10,15H,11,17H2,(H,20,21);1H/t15-;/m0./s1. The monoisotopic (exact) mass is 320 g/mol. The van der Waals surface area contributed by atoms with Crippen LogP contribution >= 0.6 is 12.4 Å². The van der Waals surface area contributed by atoms with Gasteiger partial charge in [0.25, 0.3) is 0 Å². The minimum Gasteiger partial charge on any atom is -0.479 e. The molecular weight excluding hydrogens is 304 g/mol.